The fourth-order valence-corrected chi connectivity index (χ4v) is 1.67. The molecule has 0 radical (unpaired) electrons. The van der Waals surface area contributed by atoms with Crippen molar-refractivity contribution >= 4 is 11.6 Å². The van der Waals surface area contributed by atoms with Crippen LogP contribution in [-0.2, 0) is 0 Å². The maximum Gasteiger partial charge on any atom is 0.0323 e. The second-order valence-electron chi connectivity index (χ2n) is 3.65. The minimum Gasteiger partial charge on any atom is -0.305 e. The van der Waals surface area contributed by atoms with Gasteiger partial charge in [-0.2, -0.15) is 0 Å². The van der Waals surface area contributed by atoms with E-state index in [1.165, 1.54) is 5.56 Å². The van der Waals surface area contributed by atoms with Crippen molar-refractivity contribution in [2.24, 2.45) is 0 Å². The molecule has 15 heavy (non-hydrogen) atoms. The number of hydrogen-bond donors (Lipinski definition) is 1. The van der Waals surface area contributed by atoms with Gasteiger partial charge in [0.05, 0.1) is 0 Å². The van der Waals surface area contributed by atoms with Gasteiger partial charge in [0, 0.05) is 17.6 Å². The zero-order valence-electron chi connectivity index (χ0n) is 9.17. The monoisotopic (exact) mass is 223 g/mol. The molecular weight excluding hydrogens is 206 g/mol. The quantitative estimate of drug-likeness (QED) is 0.772. The Hall–Kier alpha value is -0.790. The summed E-state index contributed by atoms with van der Waals surface area (Å²) in [6.45, 7) is 6.54. The summed E-state index contributed by atoms with van der Waals surface area (Å²) < 4.78 is 0. The molecule has 0 heterocycles. The highest BCUT2D eigenvalue weighted by molar-refractivity contribution is 6.29. The first-order valence-corrected chi connectivity index (χ1v) is 5.73. The molecule has 1 rings (SSSR count). The lowest BCUT2D eigenvalue weighted by molar-refractivity contribution is 0.519. The molecule has 0 aliphatic heterocycles. The van der Waals surface area contributed by atoms with Crippen molar-refractivity contribution in [2.75, 3.05) is 6.54 Å². The van der Waals surface area contributed by atoms with Crippen molar-refractivity contribution in [3.63, 3.8) is 0 Å². The second-order valence-corrected chi connectivity index (χ2v) is 4.18. The predicted molar refractivity (Wildman–Crippen MR) is 67.1 cm³/mol. The minimum atomic E-state index is 0.381. The fourth-order valence-electron chi connectivity index (χ4n) is 1.59. The summed E-state index contributed by atoms with van der Waals surface area (Å²) in [7, 11) is 0. The molecule has 1 unspecified atom stereocenters. The summed E-state index contributed by atoms with van der Waals surface area (Å²) in [5, 5.41) is 4.06. The lowest BCUT2D eigenvalue weighted by Crippen LogP contribution is -2.22. The number of halogens is 1. The van der Waals surface area contributed by atoms with Crippen molar-refractivity contribution in [3.05, 3.63) is 47.5 Å². The molecule has 82 valence electrons. The molecule has 0 fully saturated rings. The Morgan fingerprint density at radius 1 is 1.40 bits per heavy atom. The van der Waals surface area contributed by atoms with E-state index in [0.29, 0.717) is 17.6 Å². The van der Waals surface area contributed by atoms with E-state index in [2.05, 4.69) is 43.1 Å². The SMILES string of the molecule is C=C(Cl)CNC(CCC)c1ccccc1. The second kappa shape index (κ2) is 6.65. The lowest BCUT2D eigenvalue weighted by Gasteiger charge is -2.18. The smallest absolute Gasteiger partial charge is 0.0323 e. The molecule has 0 amide bonds. The van der Waals surface area contributed by atoms with Crippen LogP contribution >= 0.6 is 11.6 Å². The number of benzene rings is 1. The van der Waals surface area contributed by atoms with E-state index in [1.54, 1.807) is 0 Å². The molecular formula is C13H18ClN. The van der Waals surface area contributed by atoms with Crippen molar-refractivity contribution in [3.8, 4) is 0 Å². The highest BCUT2D eigenvalue weighted by atomic mass is 35.5. The van der Waals surface area contributed by atoms with Gasteiger partial charge >= 0.3 is 0 Å². The highest BCUT2D eigenvalue weighted by Crippen LogP contribution is 2.18. The van der Waals surface area contributed by atoms with E-state index in [9.17, 15) is 0 Å². The summed E-state index contributed by atoms with van der Waals surface area (Å²) >= 11 is 5.75. The molecule has 0 aliphatic rings. The first-order valence-electron chi connectivity index (χ1n) is 5.35. The molecule has 1 N–H and O–H groups in total. The summed E-state index contributed by atoms with van der Waals surface area (Å²) in [6, 6.07) is 10.8. The van der Waals surface area contributed by atoms with Gasteiger partial charge in [-0.3, -0.25) is 0 Å². The van der Waals surface area contributed by atoms with Crippen LogP contribution < -0.4 is 5.32 Å². The van der Waals surface area contributed by atoms with Crippen LogP contribution in [0.3, 0.4) is 0 Å². The molecule has 0 saturated heterocycles. The Morgan fingerprint density at radius 3 is 2.60 bits per heavy atom. The van der Waals surface area contributed by atoms with E-state index in [1.807, 2.05) is 6.07 Å². The van der Waals surface area contributed by atoms with E-state index in [0.717, 1.165) is 12.8 Å². The van der Waals surface area contributed by atoms with Crippen molar-refractivity contribution in [1.82, 2.24) is 5.32 Å². The highest BCUT2D eigenvalue weighted by Gasteiger charge is 2.08. The molecule has 1 nitrogen and oxygen atoms in total. The summed E-state index contributed by atoms with van der Waals surface area (Å²) in [5.41, 5.74) is 1.32. The first kappa shape index (κ1) is 12.3. The van der Waals surface area contributed by atoms with Crippen molar-refractivity contribution < 1.29 is 0 Å². The third-order valence-electron chi connectivity index (χ3n) is 2.32. The van der Waals surface area contributed by atoms with Crippen LogP contribution in [0.5, 0.6) is 0 Å². The number of nitrogens with one attached hydrogen (secondary N) is 1. The molecule has 1 aromatic carbocycles. The normalized spacial score (nSPS) is 12.4. The molecule has 0 aromatic heterocycles. The van der Waals surface area contributed by atoms with Crippen molar-refractivity contribution in [1.29, 1.82) is 0 Å². The molecule has 1 aromatic rings. The van der Waals surface area contributed by atoms with Gasteiger partial charge < -0.3 is 5.32 Å². The molecule has 1 atom stereocenters. The lowest BCUT2D eigenvalue weighted by atomic mass is 10.0. The van der Waals surface area contributed by atoms with Crippen LogP contribution in [0, 0.1) is 0 Å². The zero-order chi connectivity index (χ0) is 11.1. The van der Waals surface area contributed by atoms with E-state index < -0.39 is 0 Å². The van der Waals surface area contributed by atoms with Crippen LogP contribution in [0.25, 0.3) is 0 Å². The van der Waals surface area contributed by atoms with Crippen LogP contribution in [0.4, 0.5) is 0 Å². The van der Waals surface area contributed by atoms with E-state index >= 15 is 0 Å². The fraction of sp³-hybridized carbons (Fsp3) is 0.385. The van der Waals surface area contributed by atoms with Gasteiger partial charge in [-0.25, -0.2) is 0 Å². The Morgan fingerprint density at radius 2 is 2.07 bits per heavy atom. The average Bonchev–Trinajstić information content (AvgIpc) is 2.25. The standard InChI is InChI=1S/C13H18ClN/c1-3-7-13(15-10-11(2)14)12-8-5-4-6-9-12/h4-6,8-9,13,15H,2-3,7,10H2,1H3. The van der Waals surface area contributed by atoms with E-state index in [-0.39, 0.29) is 0 Å². The van der Waals surface area contributed by atoms with E-state index in [4.69, 9.17) is 11.6 Å². The van der Waals surface area contributed by atoms with Gasteiger partial charge in [0.15, 0.2) is 0 Å². The average molecular weight is 224 g/mol. The molecule has 0 saturated carbocycles. The predicted octanol–water partition coefficient (Wildman–Crippen LogP) is 3.87. The Kier molecular flexibility index (Phi) is 5.44. The Balaban J connectivity index is 2.61. The van der Waals surface area contributed by atoms with Crippen molar-refractivity contribution in [2.45, 2.75) is 25.8 Å². The van der Waals surface area contributed by atoms with Gasteiger partial charge in [-0.1, -0.05) is 61.9 Å². The Labute approximate surface area is 97.1 Å². The van der Waals surface area contributed by atoms with Crippen LogP contribution in [0.2, 0.25) is 0 Å². The maximum atomic E-state index is 5.75. The van der Waals surface area contributed by atoms with Crippen LogP contribution in [0.15, 0.2) is 41.9 Å². The summed E-state index contributed by atoms with van der Waals surface area (Å²) in [5.74, 6) is 0. The largest absolute Gasteiger partial charge is 0.305 e. The summed E-state index contributed by atoms with van der Waals surface area (Å²) in [6.07, 6.45) is 2.27. The first-order chi connectivity index (χ1) is 7.24. The molecule has 2 heteroatoms. The topological polar surface area (TPSA) is 12.0 Å². The van der Waals surface area contributed by atoms with Crippen LogP contribution in [0.1, 0.15) is 31.4 Å². The van der Waals surface area contributed by atoms with Crippen LogP contribution in [-0.4, -0.2) is 6.54 Å². The third-order valence-corrected chi connectivity index (χ3v) is 2.45. The summed E-state index contributed by atoms with van der Waals surface area (Å²) in [4.78, 5) is 0. The van der Waals surface area contributed by atoms with Gasteiger partial charge in [0.25, 0.3) is 0 Å². The number of rotatable bonds is 6. The van der Waals surface area contributed by atoms with Gasteiger partial charge in [0.1, 0.15) is 0 Å². The zero-order valence-corrected chi connectivity index (χ0v) is 9.93. The molecule has 0 spiro atoms. The van der Waals surface area contributed by atoms with Gasteiger partial charge in [-0.15, -0.1) is 0 Å². The molecule has 0 bridgehead atoms. The third kappa shape index (κ3) is 4.50. The maximum absolute atomic E-state index is 5.75. The minimum absolute atomic E-state index is 0.381. The number of hydrogen-bond acceptors (Lipinski definition) is 1. The van der Waals surface area contributed by atoms with Gasteiger partial charge in [0.2, 0.25) is 0 Å². The molecule has 0 aliphatic carbocycles. The Bertz CT molecular complexity index is 295. The van der Waals surface area contributed by atoms with Gasteiger partial charge in [-0.05, 0) is 12.0 Å².